The van der Waals surface area contributed by atoms with Crippen LogP contribution in [-0.2, 0) is 55.3 Å². The second-order valence-electron chi connectivity index (χ2n) is 32.5. The van der Waals surface area contributed by atoms with Gasteiger partial charge in [-0.25, -0.2) is 0 Å². The first-order valence-corrected chi connectivity index (χ1v) is 30.7. The largest absolute Gasteiger partial charge is 0.468 e. The van der Waals surface area contributed by atoms with E-state index in [2.05, 4.69) is 226 Å². The number of nitrogens with zero attached hydrogens (tertiary/aromatic N) is 2. The molecule has 4 heterocycles. The van der Waals surface area contributed by atoms with Gasteiger partial charge in [0, 0.05) is 40.0 Å². The molecule has 0 spiro atoms. The number of benzene rings is 6. The summed E-state index contributed by atoms with van der Waals surface area (Å²) < 4.78 is 7.93. The minimum atomic E-state index is -0.153. The molecule has 0 saturated heterocycles. The Labute approximate surface area is 475 Å². The van der Waals surface area contributed by atoms with Gasteiger partial charge >= 0.3 is 0 Å². The number of anilines is 5. The minimum Gasteiger partial charge on any atom is -0.468 e. The van der Waals surface area contributed by atoms with Gasteiger partial charge < -0.3 is 14.2 Å². The van der Waals surface area contributed by atoms with Crippen LogP contribution in [0.15, 0.2) is 89.3 Å². The van der Waals surface area contributed by atoms with Crippen molar-refractivity contribution in [2.75, 3.05) is 9.80 Å². The normalized spacial score (nSPS) is 23.4. The fourth-order valence-corrected chi connectivity index (χ4v) is 17.1. The lowest BCUT2D eigenvalue weighted by atomic mass is 9.36. The third kappa shape index (κ3) is 7.09. The zero-order chi connectivity index (χ0) is 56.1. The molecule has 6 aromatic carbocycles. The van der Waals surface area contributed by atoms with Gasteiger partial charge in [-0.2, -0.15) is 0 Å². The molecule has 0 fully saturated rings. The maximum atomic E-state index is 7.93. The maximum absolute atomic E-state index is 7.93. The van der Waals surface area contributed by atoms with Gasteiger partial charge in [-0.05, 0) is 221 Å². The Hall–Kier alpha value is -5.48. The van der Waals surface area contributed by atoms with Crippen molar-refractivity contribution in [3.05, 3.63) is 152 Å². The van der Waals surface area contributed by atoms with Crippen molar-refractivity contribution in [1.29, 1.82) is 0 Å². The average molecular weight is 1050 g/mol. The number of hydrogen-bond donors (Lipinski definition) is 0. The van der Waals surface area contributed by atoms with Gasteiger partial charge in [0.1, 0.15) is 5.58 Å². The highest BCUT2D eigenvalue weighted by Gasteiger charge is 2.54. The van der Waals surface area contributed by atoms with Gasteiger partial charge in [0.2, 0.25) is 0 Å². The lowest BCUT2D eigenvalue weighted by Gasteiger charge is -2.53. The standard InChI is InChI=1S/C75H89BN2O/c1-43-34-45-42-77-59-40-54-53(72(13,14)29-30-73(54,15)16)39-56(59)75(19)33-32-69(7,8)50-23-24-57(65(77)62(50)75)76-63(45)60(35-43)78(64-48-38-52-55(41-61(48)79-66(64)76)74(17,18)31-28-71(52,11)12)58-25-21-46(67(2,3)4)37-47(58)44-20-22-49-51(36-44)70(9,10)27-26-68(49,5)6/h20-25,34-41H,26-33,42H2,1-19H3. The molecule has 4 heteroatoms. The molecule has 7 aliphatic rings. The van der Waals surface area contributed by atoms with Crippen molar-refractivity contribution in [3.63, 3.8) is 0 Å². The summed E-state index contributed by atoms with van der Waals surface area (Å²) in [6.45, 7) is 47.6. The summed E-state index contributed by atoms with van der Waals surface area (Å²) in [6.07, 6.45) is 9.37. The number of fused-ring (bicyclic) bond motifs is 11. The van der Waals surface area contributed by atoms with Crippen LogP contribution < -0.4 is 26.4 Å². The summed E-state index contributed by atoms with van der Waals surface area (Å²) in [5.74, 6) is 0. The Morgan fingerprint density at radius 2 is 1.01 bits per heavy atom. The van der Waals surface area contributed by atoms with Crippen LogP contribution in [0, 0.1) is 6.92 Å². The Morgan fingerprint density at radius 3 is 1.65 bits per heavy atom. The van der Waals surface area contributed by atoms with Crippen LogP contribution in [0.3, 0.4) is 0 Å². The van der Waals surface area contributed by atoms with Crippen LogP contribution in [0.25, 0.3) is 22.1 Å². The summed E-state index contributed by atoms with van der Waals surface area (Å²) in [7, 11) is 0. The molecule has 1 aromatic heterocycles. The maximum Gasteiger partial charge on any atom is 0.295 e. The van der Waals surface area contributed by atoms with Gasteiger partial charge in [-0.15, -0.1) is 0 Å². The highest BCUT2D eigenvalue weighted by molar-refractivity contribution is 6.98. The van der Waals surface area contributed by atoms with Crippen LogP contribution in [0.1, 0.15) is 243 Å². The SMILES string of the molecule is Cc1cc2c3c(c1)N(c1ccc(C(C)(C)C)cc1-c1ccc4c(c1)C(C)(C)CCC4(C)C)c1c(oc4cc5c(cc14)C(C)(C)CCC5(C)C)B3c1ccc3c4c1N(C2)c1cc2c(cc1C4(C)CCC3(C)C)C(C)(C)CCC2(C)C. The van der Waals surface area contributed by atoms with E-state index >= 15 is 0 Å². The molecule has 14 rings (SSSR count). The highest BCUT2D eigenvalue weighted by atomic mass is 16.3. The van der Waals surface area contributed by atoms with Crippen LogP contribution in [0.4, 0.5) is 28.4 Å². The summed E-state index contributed by atoms with van der Waals surface area (Å²) in [5.41, 5.74) is 32.0. The monoisotopic (exact) mass is 1040 g/mol. The van der Waals surface area contributed by atoms with E-state index in [1.807, 2.05) is 0 Å². The quantitative estimate of drug-likeness (QED) is 0.161. The van der Waals surface area contributed by atoms with Crippen LogP contribution in [0.5, 0.6) is 0 Å². The number of hydrogen-bond acceptors (Lipinski definition) is 3. The molecule has 79 heavy (non-hydrogen) atoms. The van der Waals surface area contributed by atoms with Gasteiger partial charge in [-0.1, -0.05) is 173 Å². The fourth-order valence-electron chi connectivity index (χ4n) is 17.1. The van der Waals surface area contributed by atoms with E-state index in [1.54, 1.807) is 16.7 Å². The van der Waals surface area contributed by atoms with Crippen molar-refractivity contribution in [2.24, 2.45) is 0 Å². The molecule has 1 unspecified atom stereocenters. The zero-order valence-corrected chi connectivity index (χ0v) is 51.8. The van der Waals surface area contributed by atoms with E-state index in [9.17, 15) is 0 Å². The molecule has 7 aromatic rings. The van der Waals surface area contributed by atoms with Crippen molar-refractivity contribution in [2.45, 2.75) is 238 Å². The first kappa shape index (κ1) is 51.7. The predicted octanol–water partition coefficient (Wildman–Crippen LogP) is 18.4. The number of furan rings is 1. The topological polar surface area (TPSA) is 19.6 Å². The molecule has 0 bridgehead atoms. The van der Waals surface area contributed by atoms with Crippen molar-refractivity contribution >= 4 is 62.7 Å². The third-order valence-corrected chi connectivity index (χ3v) is 22.8. The first-order valence-electron chi connectivity index (χ1n) is 30.7. The first-order chi connectivity index (χ1) is 36.7. The van der Waals surface area contributed by atoms with Gasteiger partial charge in [0.25, 0.3) is 6.71 Å². The number of rotatable bonds is 2. The van der Waals surface area contributed by atoms with Gasteiger partial charge in [0.15, 0.2) is 0 Å². The van der Waals surface area contributed by atoms with Gasteiger partial charge in [-0.3, -0.25) is 0 Å². The Balaban J connectivity index is 1.11. The van der Waals surface area contributed by atoms with E-state index in [-0.39, 0.29) is 55.4 Å². The predicted molar refractivity (Wildman–Crippen MR) is 338 cm³/mol. The molecular formula is C75H89BN2O. The summed E-state index contributed by atoms with van der Waals surface area (Å²) in [6, 6.07) is 35.9. The van der Waals surface area contributed by atoms with E-state index in [0.717, 1.165) is 43.5 Å². The summed E-state index contributed by atoms with van der Waals surface area (Å²) in [5, 5.41) is 1.23. The molecule has 408 valence electrons. The molecule has 4 aliphatic carbocycles. The lowest BCUT2D eigenvalue weighted by molar-refractivity contribution is 0.326. The molecule has 0 N–H and O–H groups in total. The highest BCUT2D eigenvalue weighted by Crippen LogP contribution is 2.62. The summed E-state index contributed by atoms with van der Waals surface area (Å²) in [4.78, 5) is 5.57. The lowest BCUT2D eigenvalue weighted by Crippen LogP contribution is -2.58. The second kappa shape index (κ2) is 15.7. The number of aryl methyl sites for hydroxylation is 1. The Morgan fingerprint density at radius 1 is 0.468 bits per heavy atom. The Bertz CT molecular complexity index is 3840. The molecule has 1 atom stereocenters. The van der Waals surface area contributed by atoms with E-state index in [0.29, 0.717) is 0 Å². The Kier molecular flexibility index (Phi) is 10.3. The second-order valence-corrected chi connectivity index (χ2v) is 32.5. The van der Waals surface area contributed by atoms with Crippen molar-refractivity contribution < 1.29 is 4.42 Å². The molecule has 3 aliphatic heterocycles. The van der Waals surface area contributed by atoms with Crippen LogP contribution >= 0.6 is 0 Å². The molecule has 0 saturated carbocycles. The van der Waals surface area contributed by atoms with Crippen LogP contribution in [-0.4, -0.2) is 6.71 Å². The zero-order valence-electron chi connectivity index (χ0n) is 51.8. The smallest absolute Gasteiger partial charge is 0.295 e. The van der Waals surface area contributed by atoms with Crippen molar-refractivity contribution in [1.82, 2.24) is 0 Å². The van der Waals surface area contributed by atoms with Gasteiger partial charge in [0.05, 0.1) is 17.0 Å². The molecule has 3 nitrogen and oxygen atoms in total. The van der Waals surface area contributed by atoms with E-state index in [1.165, 1.54) is 132 Å². The minimum absolute atomic E-state index is 0.0205. The summed E-state index contributed by atoms with van der Waals surface area (Å²) >= 11 is 0. The van der Waals surface area contributed by atoms with E-state index < -0.39 is 0 Å². The molecule has 0 amide bonds. The van der Waals surface area contributed by atoms with Crippen LogP contribution in [0.2, 0.25) is 0 Å². The molecule has 0 radical (unpaired) electrons. The van der Waals surface area contributed by atoms with Crippen molar-refractivity contribution in [3.8, 4) is 11.1 Å². The average Bonchev–Trinajstić information content (AvgIpc) is 2.78. The van der Waals surface area contributed by atoms with E-state index in [4.69, 9.17) is 4.42 Å². The molecular weight excluding hydrogens is 956 g/mol. The fraction of sp³-hybridized carbons (Fsp3) is 0.493. The third-order valence-electron chi connectivity index (χ3n) is 22.8.